The second-order valence-corrected chi connectivity index (χ2v) is 4.34. The van der Waals surface area contributed by atoms with Gasteiger partial charge in [-0.25, -0.2) is 0 Å². The Kier molecular flexibility index (Phi) is 4.99. The van der Waals surface area contributed by atoms with Gasteiger partial charge in [0, 0.05) is 17.2 Å². The first kappa shape index (κ1) is 12.4. The number of hydrogen-bond acceptors (Lipinski definition) is 2. The highest BCUT2D eigenvalue weighted by molar-refractivity contribution is 7.98. The van der Waals surface area contributed by atoms with Gasteiger partial charge in [0.05, 0.1) is 5.69 Å². The van der Waals surface area contributed by atoms with E-state index in [2.05, 4.69) is 5.32 Å². The number of halogens is 1. The van der Waals surface area contributed by atoms with Crippen LogP contribution in [-0.4, -0.2) is 18.0 Å². The van der Waals surface area contributed by atoms with E-state index in [9.17, 15) is 4.79 Å². The number of benzene rings is 1. The van der Waals surface area contributed by atoms with E-state index in [1.54, 1.807) is 11.8 Å². The van der Waals surface area contributed by atoms with Crippen LogP contribution < -0.4 is 5.32 Å². The van der Waals surface area contributed by atoms with Crippen LogP contribution in [0.1, 0.15) is 12.0 Å². The molecule has 0 aromatic heterocycles. The van der Waals surface area contributed by atoms with Crippen LogP contribution in [0.15, 0.2) is 23.1 Å². The first-order chi connectivity index (χ1) is 7.19. The molecule has 1 aromatic rings. The number of amides is 1. The van der Waals surface area contributed by atoms with Crippen LogP contribution in [0, 0.1) is 6.92 Å². The molecule has 0 saturated heterocycles. The van der Waals surface area contributed by atoms with Gasteiger partial charge in [-0.1, -0.05) is 12.1 Å². The SMILES string of the molecule is CSc1c(C)cccc1NC(=O)CCCl. The van der Waals surface area contributed by atoms with Crippen molar-refractivity contribution in [1.82, 2.24) is 0 Å². The molecule has 2 nitrogen and oxygen atoms in total. The molecule has 0 aliphatic heterocycles. The molecule has 82 valence electrons. The lowest BCUT2D eigenvalue weighted by Crippen LogP contribution is -2.12. The average molecular weight is 244 g/mol. The van der Waals surface area contributed by atoms with Gasteiger partial charge >= 0.3 is 0 Å². The van der Waals surface area contributed by atoms with Crippen LogP contribution in [0.2, 0.25) is 0 Å². The third-order valence-corrected chi connectivity index (χ3v) is 3.15. The summed E-state index contributed by atoms with van der Waals surface area (Å²) < 4.78 is 0. The molecule has 0 spiro atoms. The van der Waals surface area contributed by atoms with E-state index in [1.807, 2.05) is 31.4 Å². The van der Waals surface area contributed by atoms with Crippen LogP contribution in [-0.2, 0) is 4.79 Å². The second kappa shape index (κ2) is 6.03. The number of hydrogen-bond donors (Lipinski definition) is 1. The van der Waals surface area contributed by atoms with E-state index in [-0.39, 0.29) is 5.91 Å². The minimum Gasteiger partial charge on any atom is -0.325 e. The predicted octanol–water partition coefficient (Wildman–Crippen LogP) is 3.28. The van der Waals surface area contributed by atoms with Gasteiger partial charge in [-0.2, -0.15) is 0 Å². The number of thioether (sulfide) groups is 1. The van der Waals surface area contributed by atoms with Crippen LogP contribution in [0.25, 0.3) is 0 Å². The van der Waals surface area contributed by atoms with E-state index in [0.717, 1.165) is 10.6 Å². The van der Waals surface area contributed by atoms with Crippen molar-refractivity contribution in [3.8, 4) is 0 Å². The zero-order chi connectivity index (χ0) is 11.3. The molecule has 0 aliphatic rings. The fourth-order valence-corrected chi connectivity index (χ4v) is 2.22. The Labute approximate surface area is 99.4 Å². The van der Waals surface area contributed by atoms with Crippen LogP contribution in [0.4, 0.5) is 5.69 Å². The number of nitrogens with one attached hydrogen (secondary N) is 1. The van der Waals surface area contributed by atoms with Gasteiger partial charge in [0.2, 0.25) is 5.91 Å². The molecule has 4 heteroatoms. The lowest BCUT2D eigenvalue weighted by atomic mass is 10.2. The summed E-state index contributed by atoms with van der Waals surface area (Å²) in [7, 11) is 0. The fraction of sp³-hybridized carbons (Fsp3) is 0.364. The van der Waals surface area contributed by atoms with Crippen molar-refractivity contribution in [2.45, 2.75) is 18.2 Å². The van der Waals surface area contributed by atoms with Crippen LogP contribution in [0.5, 0.6) is 0 Å². The summed E-state index contributed by atoms with van der Waals surface area (Å²) in [5.41, 5.74) is 2.05. The van der Waals surface area contributed by atoms with Crippen molar-refractivity contribution in [1.29, 1.82) is 0 Å². The number of aryl methyl sites for hydroxylation is 1. The van der Waals surface area contributed by atoms with E-state index in [4.69, 9.17) is 11.6 Å². The normalized spacial score (nSPS) is 10.1. The first-order valence-corrected chi connectivity index (χ1v) is 6.44. The van der Waals surface area contributed by atoms with Crippen molar-refractivity contribution in [3.63, 3.8) is 0 Å². The van der Waals surface area contributed by atoms with E-state index < -0.39 is 0 Å². The zero-order valence-electron chi connectivity index (χ0n) is 8.84. The largest absolute Gasteiger partial charge is 0.325 e. The maximum Gasteiger partial charge on any atom is 0.225 e. The summed E-state index contributed by atoms with van der Waals surface area (Å²) in [6, 6.07) is 5.87. The molecule has 1 aromatic carbocycles. The molecule has 0 radical (unpaired) electrons. The third-order valence-electron chi connectivity index (χ3n) is 2.01. The standard InChI is InChI=1S/C11H14ClNOS/c1-8-4-3-5-9(11(8)15-2)13-10(14)6-7-12/h3-5H,6-7H2,1-2H3,(H,13,14). The third kappa shape index (κ3) is 3.43. The Morgan fingerprint density at radius 1 is 1.53 bits per heavy atom. The Balaban J connectivity index is 2.84. The molecule has 0 atom stereocenters. The number of anilines is 1. The van der Waals surface area contributed by atoms with Crippen molar-refractivity contribution < 1.29 is 4.79 Å². The minimum atomic E-state index is -0.0362. The van der Waals surface area contributed by atoms with Gasteiger partial charge in [-0.15, -0.1) is 23.4 Å². The predicted molar refractivity (Wildman–Crippen MR) is 66.9 cm³/mol. The summed E-state index contributed by atoms with van der Waals surface area (Å²) in [5, 5.41) is 2.86. The highest BCUT2D eigenvalue weighted by Crippen LogP contribution is 2.28. The van der Waals surface area contributed by atoms with Crippen LogP contribution in [0.3, 0.4) is 0 Å². The van der Waals surface area contributed by atoms with E-state index >= 15 is 0 Å². The van der Waals surface area contributed by atoms with Gasteiger partial charge < -0.3 is 5.32 Å². The molecule has 0 bridgehead atoms. The van der Waals surface area contributed by atoms with Crippen LogP contribution >= 0.6 is 23.4 Å². The van der Waals surface area contributed by atoms with Crippen molar-refractivity contribution >= 4 is 35.0 Å². The first-order valence-electron chi connectivity index (χ1n) is 4.68. The van der Waals surface area contributed by atoms with Gasteiger partial charge in [0.25, 0.3) is 0 Å². The molecule has 15 heavy (non-hydrogen) atoms. The summed E-state index contributed by atoms with van der Waals surface area (Å²) in [5.74, 6) is 0.317. The summed E-state index contributed by atoms with van der Waals surface area (Å²) in [6.07, 6.45) is 2.35. The monoisotopic (exact) mass is 243 g/mol. The molecular formula is C11H14ClNOS. The molecule has 1 amide bonds. The number of carbonyl (C=O) groups excluding carboxylic acids is 1. The number of alkyl halides is 1. The van der Waals surface area contributed by atoms with Crippen molar-refractivity contribution in [2.75, 3.05) is 17.5 Å². The Hall–Kier alpha value is -0.670. The average Bonchev–Trinajstić information content (AvgIpc) is 2.18. The zero-order valence-corrected chi connectivity index (χ0v) is 10.4. The van der Waals surface area contributed by atoms with Gasteiger partial charge in [-0.3, -0.25) is 4.79 Å². The van der Waals surface area contributed by atoms with E-state index in [1.165, 1.54) is 5.56 Å². The quantitative estimate of drug-likeness (QED) is 0.650. The molecule has 0 heterocycles. The number of carbonyl (C=O) groups is 1. The molecular weight excluding hydrogens is 230 g/mol. The highest BCUT2D eigenvalue weighted by Gasteiger charge is 2.07. The minimum absolute atomic E-state index is 0.0362. The van der Waals surface area contributed by atoms with Crippen molar-refractivity contribution in [3.05, 3.63) is 23.8 Å². The molecule has 0 fully saturated rings. The molecule has 1 N–H and O–H groups in total. The lowest BCUT2D eigenvalue weighted by molar-refractivity contribution is -0.115. The molecule has 0 unspecified atom stereocenters. The Morgan fingerprint density at radius 2 is 2.27 bits per heavy atom. The maximum absolute atomic E-state index is 11.4. The van der Waals surface area contributed by atoms with Gasteiger partial charge in [0.15, 0.2) is 0 Å². The molecule has 0 saturated carbocycles. The Morgan fingerprint density at radius 3 is 2.87 bits per heavy atom. The van der Waals surface area contributed by atoms with Crippen molar-refractivity contribution in [2.24, 2.45) is 0 Å². The second-order valence-electron chi connectivity index (χ2n) is 3.14. The summed E-state index contributed by atoms with van der Waals surface area (Å²) in [6.45, 7) is 2.03. The lowest BCUT2D eigenvalue weighted by Gasteiger charge is -2.11. The smallest absolute Gasteiger partial charge is 0.225 e. The summed E-state index contributed by atoms with van der Waals surface area (Å²) >= 11 is 7.14. The molecule has 0 aliphatic carbocycles. The van der Waals surface area contributed by atoms with Gasteiger partial charge in [-0.05, 0) is 24.8 Å². The summed E-state index contributed by atoms with van der Waals surface area (Å²) in [4.78, 5) is 12.5. The highest BCUT2D eigenvalue weighted by atomic mass is 35.5. The molecule has 1 rings (SSSR count). The topological polar surface area (TPSA) is 29.1 Å². The fourth-order valence-electron chi connectivity index (χ4n) is 1.32. The Bertz CT molecular complexity index is 354. The van der Waals surface area contributed by atoms with Gasteiger partial charge in [0.1, 0.15) is 0 Å². The number of rotatable bonds is 4. The van der Waals surface area contributed by atoms with E-state index in [0.29, 0.717) is 12.3 Å². The maximum atomic E-state index is 11.4.